The highest BCUT2D eigenvalue weighted by Crippen LogP contribution is 2.17. The van der Waals surface area contributed by atoms with Crippen LogP contribution in [0.15, 0.2) is 48.5 Å². The van der Waals surface area contributed by atoms with Crippen molar-refractivity contribution in [2.45, 2.75) is 20.0 Å². The molecule has 7 nitrogen and oxygen atoms in total. The zero-order valence-corrected chi connectivity index (χ0v) is 14.8. The Bertz CT molecular complexity index is 803. The average Bonchev–Trinajstić information content (AvgIpc) is 2.62. The molecule has 0 heterocycles. The molecule has 2 aromatic rings. The van der Waals surface area contributed by atoms with E-state index in [0.29, 0.717) is 22.6 Å². The summed E-state index contributed by atoms with van der Waals surface area (Å²) in [6.45, 7) is 2.92. The molecule has 1 atom stereocenters. The van der Waals surface area contributed by atoms with E-state index in [1.807, 2.05) is 0 Å². The van der Waals surface area contributed by atoms with Gasteiger partial charge in [0.15, 0.2) is 6.10 Å². The minimum atomic E-state index is -0.970. The molecule has 0 unspecified atom stereocenters. The van der Waals surface area contributed by atoms with Crippen LogP contribution in [0.1, 0.15) is 24.2 Å². The van der Waals surface area contributed by atoms with Crippen molar-refractivity contribution in [3.8, 4) is 0 Å². The van der Waals surface area contributed by atoms with Gasteiger partial charge in [0, 0.05) is 31.0 Å². The summed E-state index contributed by atoms with van der Waals surface area (Å²) in [5, 5.41) is 8.21. The zero-order chi connectivity index (χ0) is 19.1. The fraction of sp³-hybridized carbons (Fsp3) is 0.211. The van der Waals surface area contributed by atoms with Gasteiger partial charge in [-0.15, -0.1) is 0 Å². The van der Waals surface area contributed by atoms with Crippen LogP contribution in [0.3, 0.4) is 0 Å². The molecule has 0 aliphatic rings. The Hall–Kier alpha value is -3.35. The number of esters is 1. The van der Waals surface area contributed by atoms with E-state index in [9.17, 15) is 14.4 Å². The van der Waals surface area contributed by atoms with E-state index in [4.69, 9.17) is 4.74 Å². The molecular weight excluding hydrogens is 334 g/mol. The Morgan fingerprint density at radius 3 is 2.08 bits per heavy atom. The molecular formula is C19H21N3O4. The Balaban J connectivity index is 1.96. The van der Waals surface area contributed by atoms with Crippen LogP contribution in [-0.4, -0.2) is 30.9 Å². The van der Waals surface area contributed by atoms with Gasteiger partial charge in [-0.05, 0) is 43.3 Å². The van der Waals surface area contributed by atoms with E-state index < -0.39 is 18.0 Å². The number of carbonyl (C=O) groups is 3. The highest BCUT2D eigenvalue weighted by atomic mass is 16.5. The normalized spacial score (nSPS) is 11.2. The zero-order valence-electron chi connectivity index (χ0n) is 14.8. The largest absolute Gasteiger partial charge is 0.449 e. The minimum Gasteiger partial charge on any atom is -0.449 e. The van der Waals surface area contributed by atoms with Crippen LogP contribution < -0.4 is 16.0 Å². The van der Waals surface area contributed by atoms with E-state index in [1.54, 1.807) is 55.6 Å². The third-order valence-electron chi connectivity index (χ3n) is 3.54. The summed E-state index contributed by atoms with van der Waals surface area (Å²) in [4.78, 5) is 35.5. The van der Waals surface area contributed by atoms with Gasteiger partial charge in [0.1, 0.15) is 0 Å². The molecule has 0 saturated carbocycles. The van der Waals surface area contributed by atoms with Crippen molar-refractivity contribution in [1.29, 1.82) is 0 Å². The lowest BCUT2D eigenvalue weighted by atomic mass is 10.2. The highest BCUT2D eigenvalue weighted by Gasteiger charge is 2.20. The quantitative estimate of drug-likeness (QED) is 0.693. The Morgan fingerprint density at radius 1 is 0.923 bits per heavy atom. The van der Waals surface area contributed by atoms with Crippen molar-refractivity contribution < 1.29 is 19.1 Å². The first kappa shape index (κ1) is 19.0. The maximum atomic E-state index is 12.3. The number of rotatable bonds is 6. The number of benzene rings is 2. The molecule has 0 aliphatic carbocycles. The topological polar surface area (TPSA) is 96.5 Å². The van der Waals surface area contributed by atoms with Gasteiger partial charge in [0.2, 0.25) is 5.91 Å². The highest BCUT2D eigenvalue weighted by molar-refractivity contribution is 5.99. The van der Waals surface area contributed by atoms with Crippen LogP contribution in [0, 0.1) is 0 Å². The van der Waals surface area contributed by atoms with Gasteiger partial charge in [-0.1, -0.05) is 12.1 Å². The number of anilines is 3. The number of para-hydroxylation sites is 1. The summed E-state index contributed by atoms with van der Waals surface area (Å²) >= 11 is 0. The number of amides is 2. The second-order valence-corrected chi connectivity index (χ2v) is 5.59. The molecule has 2 amide bonds. The predicted molar refractivity (Wildman–Crippen MR) is 100 cm³/mol. The second-order valence-electron chi connectivity index (χ2n) is 5.59. The molecule has 0 bridgehead atoms. The predicted octanol–water partition coefficient (Wildman–Crippen LogP) is 2.87. The second kappa shape index (κ2) is 8.66. The van der Waals surface area contributed by atoms with Crippen LogP contribution in [0.2, 0.25) is 0 Å². The smallest absolute Gasteiger partial charge is 0.341 e. The van der Waals surface area contributed by atoms with Crippen molar-refractivity contribution >= 4 is 34.8 Å². The maximum absolute atomic E-state index is 12.3. The third-order valence-corrected chi connectivity index (χ3v) is 3.54. The molecule has 0 aromatic heterocycles. The first-order chi connectivity index (χ1) is 12.4. The lowest BCUT2D eigenvalue weighted by Crippen LogP contribution is -2.30. The summed E-state index contributed by atoms with van der Waals surface area (Å²) in [6, 6.07) is 13.5. The van der Waals surface area contributed by atoms with Crippen molar-refractivity contribution in [2.75, 3.05) is 23.0 Å². The molecule has 7 heteroatoms. The van der Waals surface area contributed by atoms with E-state index in [1.165, 1.54) is 13.8 Å². The standard InChI is InChI=1S/C19H21N3O4/c1-12(26-19(25)16-6-4-5-7-17(16)20-3)18(24)22-15-10-8-14(9-11-15)21-13(2)23/h4-12,20H,1-3H3,(H,21,23)(H,22,24)/t12-/m0/s1. The average molecular weight is 355 g/mol. The van der Waals surface area contributed by atoms with Crippen molar-refractivity contribution in [3.63, 3.8) is 0 Å². The minimum absolute atomic E-state index is 0.177. The van der Waals surface area contributed by atoms with E-state index in [0.717, 1.165) is 0 Å². The molecule has 3 N–H and O–H groups in total. The van der Waals surface area contributed by atoms with Crippen molar-refractivity contribution in [1.82, 2.24) is 0 Å². The molecule has 0 radical (unpaired) electrons. The molecule has 0 aliphatic heterocycles. The summed E-state index contributed by atoms with van der Waals surface area (Å²) < 4.78 is 5.24. The molecule has 0 fully saturated rings. The number of ether oxygens (including phenoxy) is 1. The van der Waals surface area contributed by atoms with Crippen LogP contribution >= 0.6 is 0 Å². The summed E-state index contributed by atoms with van der Waals surface area (Å²) in [5.41, 5.74) is 2.13. The van der Waals surface area contributed by atoms with Gasteiger partial charge in [-0.3, -0.25) is 9.59 Å². The van der Waals surface area contributed by atoms with Gasteiger partial charge in [-0.2, -0.15) is 0 Å². The Labute approximate surface area is 151 Å². The van der Waals surface area contributed by atoms with Crippen LogP contribution in [0.4, 0.5) is 17.1 Å². The Kier molecular flexibility index (Phi) is 6.32. The van der Waals surface area contributed by atoms with E-state index >= 15 is 0 Å². The van der Waals surface area contributed by atoms with E-state index in [-0.39, 0.29) is 5.91 Å². The van der Waals surface area contributed by atoms with Gasteiger partial charge < -0.3 is 20.7 Å². The number of carbonyl (C=O) groups excluding carboxylic acids is 3. The lowest BCUT2D eigenvalue weighted by Gasteiger charge is -2.15. The third kappa shape index (κ3) is 5.07. The molecule has 136 valence electrons. The van der Waals surface area contributed by atoms with Crippen LogP contribution in [0.25, 0.3) is 0 Å². The Morgan fingerprint density at radius 2 is 1.50 bits per heavy atom. The number of nitrogens with one attached hydrogen (secondary N) is 3. The molecule has 2 rings (SSSR count). The molecule has 26 heavy (non-hydrogen) atoms. The number of hydrogen-bond donors (Lipinski definition) is 3. The first-order valence-electron chi connectivity index (χ1n) is 8.07. The van der Waals surface area contributed by atoms with Gasteiger partial charge in [-0.25, -0.2) is 4.79 Å². The fourth-order valence-corrected chi connectivity index (χ4v) is 2.24. The maximum Gasteiger partial charge on any atom is 0.341 e. The number of hydrogen-bond acceptors (Lipinski definition) is 5. The summed E-state index contributed by atoms with van der Waals surface area (Å²) in [6.07, 6.45) is -0.970. The van der Waals surface area contributed by atoms with Crippen LogP contribution in [-0.2, 0) is 14.3 Å². The van der Waals surface area contributed by atoms with Crippen molar-refractivity contribution in [2.24, 2.45) is 0 Å². The monoisotopic (exact) mass is 355 g/mol. The molecule has 0 spiro atoms. The van der Waals surface area contributed by atoms with Crippen molar-refractivity contribution in [3.05, 3.63) is 54.1 Å². The van der Waals surface area contributed by atoms with Gasteiger partial charge >= 0.3 is 5.97 Å². The first-order valence-corrected chi connectivity index (χ1v) is 8.07. The summed E-state index contributed by atoms with van der Waals surface area (Å²) in [7, 11) is 1.70. The fourth-order valence-electron chi connectivity index (χ4n) is 2.24. The summed E-state index contributed by atoms with van der Waals surface area (Å²) in [5.74, 6) is -1.21. The van der Waals surface area contributed by atoms with Gasteiger partial charge in [0.05, 0.1) is 5.56 Å². The van der Waals surface area contributed by atoms with E-state index in [2.05, 4.69) is 16.0 Å². The molecule has 0 saturated heterocycles. The SMILES string of the molecule is CNc1ccccc1C(=O)O[C@@H](C)C(=O)Nc1ccc(NC(C)=O)cc1. The van der Waals surface area contributed by atoms with Gasteiger partial charge in [0.25, 0.3) is 5.91 Å². The lowest BCUT2D eigenvalue weighted by molar-refractivity contribution is -0.123. The van der Waals surface area contributed by atoms with Crippen LogP contribution in [0.5, 0.6) is 0 Å². The molecule has 2 aromatic carbocycles.